The van der Waals surface area contributed by atoms with E-state index in [1.807, 2.05) is 70.1 Å². The summed E-state index contributed by atoms with van der Waals surface area (Å²) in [6, 6.07) is 11.3. The number of anilines is 3. The smallest absolute Gasteiger partial charge is 0.314 e. The Kier molecular flexibility index (Phi) is 5.24. The molecule has 0 aromatic heterocycles. The molecule has 0 fully saturated rings. The van der Waals surface area contributed by atoms with Crippen LogP contribution in [0.1, 0.15) is 16.7 Å². The van der Waals surface area contributed by atoms with Crippen molar-refractivity contribution in [3.63, 3.8) is 0 Å². The first-order chi connectivity index (χ1) is 11.3. The van der Waals surface area contributed by atoms with Crippen molar-refractivity contribution in [2.24, 2.45) is 0 Å². The molecule has 5 heteroatoms. The highest BCUT2D eigenvalue weighted by atomic mass is 16.2. The average Bonchev–Trinajstić information content (AvgIpc) is 2.50. The van der Waals surface area contributed by atoms with Crippen LogP contribution in [0.2, 0.25) is 0 Å². The second-order valence-corrected chi connectivity index (χ2v) is 6.13. The van der Waals surface area contributed by atoms with Crippen LogP contribution in [0.5, 0.6) is 0 Å². The quantitative estimate of drug-likeness (QED) is 0.852. The third kappa shape index (κ3) is 4.13. The van der Waals surface area contributed by atoms with E-state index in [2.05, 4.69) is 10.6 Å². The fourth-order valence-corrected chi connectivity index (χ4v) is 2.60. The lowest BCUT2D eigenvalue weighted by Gasteiger charge is -2.15. The minimum Gasteiger partial charge on any atom is -0.378 e. The molecule has 126 valence electrons. The minimum absolute atomic E-state index is 0.582. The van der Waals surface area contributed by atoms with Crippen LogP contribution in [0.4, 0.5) is 17.1 Å². The normalized spacial score (nSPS) is 10.2. The van der Waals surface area contributed by atoms with E-state index in [4.69, 9.17) is 0 Å². The zero-order valence-corrected chi connectivity index (χ0v) is 14.7. The number of hydrogen-bond acceptors (Lipinski definition) is 3. The molecule has 0 radical (unpaired) electrons. The van der Waals surface area contributed by atoms with Gasteiger partial charge in [0, 0.05) is 31.2 Å². The highest BCUT2D eigenvalue weighted by molar-refractivity contribution is 6.43. The number of carbonyl (C=O) groups is 2. The van der Waals surface area contributed by atoms with Crippen molar-refractivity contribution >= 4 is 28.9 Å². The molecule has 0 aliphatic rings. The largest absolute Gasteiger partial charge is 0.378 e. The Balaban J connectivity index is 2.11. The standard InChI is InChI=1S/C19H23N3O2/c1-12-9-13(2)17(14(3)10-12)21-19(24)18(23)20-15-7-6-8-16(11-15)22(4)5/h6-11H,1-5H3,(H,20,23)(H,21,24). The van der Waals surface area contributed by atoms with Crippen LogP contribution in [0.3, 0.4) is 0 Å². The predicted molar refractivity (Wildman–Crippen MR) is 98.7 cm³/mol. The van der Waals surface area contributed by atoms with Crippen molar-refractivity contribution < 1.29 is 9.59 Å². The van der Waals surface area contributed by atoms with E-state index < -0.39 is 11.8 Å². The summed E-state index contributed by atoms with van der Waals surface area (Å²) in [6.45, 7) is 5.82. The lowest BCUT2D eigenvalue weighted by Crippen LogP contribution is -2.29. The van der Waals surface area contributed by atoms with Crippen LogP contribution in [0, 0.1) is 20.8 Å². The van der Waals surface area contributed by atoms with Crippen molar-refractivity contribution in [2.75, 3.05) is 29.6 Å². The van der Waals surface area contributed by atoms with E-state index in [1.54, 1.807) is 6.07 Å². The molecule has 5 nitrogen and oxygen atoms in total. The van der Waals surface area contributed by atoms with Crippen LogP contribution in [-0.4, -0.2) is 25.9 Å². The molecule has 0 saturated heterocycles. The molecule has 0 bridgehead atoms. The van der Waals surface area contributed by atoms with Crippen molar-refractivity contribution in [1.82, 2.24) is 0 Å². The number of carbonyl (C=O) groups excluding carboxylic acids is 2. The van der Waals surface area contributed by atoms with Gasteiger partial charge in [-0.05, 0) is 50.1 Å². The Labute approximate surface area is 142 Å². The van der Waals surface area contributed by atoms with Crippen LogP contribution < -0.4 is 15.5 Å². The van der Waals surface area contributed by atoms with Gasteiger partial charge >= 0.3 is 11.8 Å². The van der Waals surface area contributed by atoms with Crippen LogP contribution in [-0.2, 0) is 9.59 Å². The molecule has 2 aromatic rings. The Morgan fingerprint density at radius 2 is 1.46 bits per heavy atom. The van der Waals surface area contributed by atoms with Gasteiger partial charge in [-0.25, -0.2) is 0 Å². The first kappa shape index (κ1) is 17.5. The van der Waals surface area contributed by atoms with Crippen molar-refractivity contribution in [3.05, 3.63) is 53.1 Å². The molecule has 0 unspecified atom stereocenters. The van der Waals surface area contributed by atoms with Crippen LogP contribution in [0.25, 0.3) is 0 Å². The van der Waals surface area contributed by atoms with Gasteiger partial charge in [-0.1, -0.05) is 23.8 Å². The van der Waals surface area contributed by atoms with Gasteiger partial charge in [-0.3, -0.25) is 9.59 Å². The number of aryl methyl sites for hydroxylation is 3. The molecule has 2 rings (SSSR count). The van der Waals surface area contributed by atoms with Crippen LogP contribution in [0.15, 0.2) is 36.4 Å². The Bertz CT molecular complexity index is 759. The molecule has 24 heavy (non-hydrogen) atoms. The van der Waals surface area contributed by atoms with Gasteiger partial charge in [-0.15, -0.1) is 0 Å². The summed E-state index contributed by atoms with van der Waals surface area (Å²) in [7, 11) is 3.83. The van der Waals surface area contributed by atoms with E-state index in [0.717, 1.165) is 22.4 Å². The minimum atomic E-state index is -0.690. The number of rotatable bonds is 3. The second kappa shape index (κ2) is 7.17. The lowest BCUT2D eigenvalue weighted by molar-refractivity contribution is -0.133. The van der Waals surface area contributed by atoms with Gasteiger partial charge in [0.2, 0.25) is 0 Å². The fraction of sp³-hybridized carbons (Fsp3) is 0.263. The lowest BCUT2D eigenvalue weighted by atomic mass is 10.1. The zero-order valence-electron chi connectivity index (χ0n) is 14.7. The molecule has 0 aliphatic carbocycles. The third-order valence-electron chi connectivity index (χ3n) is 3.74. The zero-order chi connectivity index (χ0) is 17.9. The summed E-state index contributed by atoms with van der Waals surface area (Å²) < 4.78 is 0. The predicted octanol–water partition coefficient (Wildman–Crippen LogP) is 3.26. The molecule has 2 aromatic carbocycles. The van der Waals surface area contributed by atoms with Crippen LogP contribution >= 0.6 is 0 Å². The first-order valence-electron chi connectivity index (χ1n) is 7.75. The topological polar surface area (TPSA) is 61.4 Å². The van der Waals surface area contributed by atoms with E-state index in [-0.39, 0.29) is 0 Å². The number of benzene rings is 2. The monoisotopic (exact) mass is 325 g/mol. The van der Waals surface area contributed by atoms with E-state index in [1.165, 1.54) is 0 Å². The summed E-state index contributed by atoms with van der Waals surface area (Å²) in [5, 5.41) is 5.33. The first-order valence-corrected chi connectivity index (χ1v) is 7.75. The maximum atomic E-state index is 12.2. The van der Waals surface area contributed by atoms with Crippen molar-refractivity contribution in [2.45, 2.75) is 20.8 Å². The van der Waals surface area contributed by atoms with Gasteiger partial charge in [-0.2, -0.15) is 0 Å². The molecular formula is C19H23N3O2. The average molecular weight is 325 g/mol. The number of amides is 2. The molecule has 2 amide bonds. The second-order valence-electron chi connectivity index (χ2n) is 6.13. The number of nitrogens with zero attached hydrogens (tertiary/aromatic N) is 1. The molecule has 2 N–H and O–H groups in total. The van der Waals surface area contributed by atoms with Crippen molar-refractivity contribution in [1.29, 1.82) is 0 Å². The van der Waals surface area contributed by atoms with Gasteiger partial charge < -0.3 is 15.5 Å². The highest BCUT2D eigenvalue weighted by Gasteiger charge is 2.16. The summed E-state index contributed by atoms with van der Waals surface area (Å²) in [5.41, 5.74) is 5.19. The van der Waals surface area contributed by atoms with E-state index in [0.29, 0.717) is 11.4 Å². The maximum Gasteiger partial charge on any atom is 0.314 e. The Morgan fingerprint density at radius 1 is 0.875 bits per heavy atom. The molecular weight excluding hydrogens is 302 g/mol. The number of nitrogens with one attached hydrogen (secondary N) is 2. The summed E-state index contributed by atoms with van der Waals surface area (Å²) in [4.78, 5) is 26.3. The maximum absolute atomic E-state index is 12.2. The van der Waals surface area contributed by atoms with Gasteiger partial charge in [0.25, 0.3) is 0 Å². The summed E-state index contributed by atoms with van der Waals surface area (Å²) in [5.74, 6) is -1.37. The molecule has 0 aliphatic heterocycles. The number of hydrogen-bond donors (Lipinski definition) is 2. The van der Waals surface area contributed by atoms with Gasteiger partial charge in [0.1, 0.15) is 0 Å². The Morgan fingerprint density at radius 3 is 2.04 bits per heavy atom. The summed E-state index contributed by atoms with van der Waals surface area (Å²) >= 11 is 0. The molecule has 0 heterocycles. The third-order valence-corrected chi connectivity index (χ3v) is 3.74. The molecule has 0 atom stereocenters. The SMILES string of the molecule is Cc1cc(C)c(NC(=O)C(=O)Nc2cccc(N(C)C)c2)c(C)c1. The van der Waals surface area contributed by atoms with Crippen molar-refractivity contribution in [3.8, 4) is 0 Å². The fourth-order valence-electron chi connectivity index (χ4n) is 2.60. The van der Waals surface area contributed by atoms with E-state index >= 15 is 0 Å². The molecule has 0 saturated carbocycles. The highest BCUT2D eigenvalue weighted by Crippen LogP contribution is 2.22. The molecule has 0 spiro atoms. The Hall–Kier alpha value is -2.82. The van der Waals surface area contributed by atoms with E-state index in [9.17, 15) is 9.59 Å². The summed E-state index contributed by atoms with van der Waals surface area (Å²) in [6.07, 6.45) is 0. The van der Waals surface area contributed by atoms with Gasteiger partial charge in [0.15, 0.2) is 0 Å². The van der Waals surface area contributed by atoms with Gasteiger partial charge in [0.05, 0.1) is 0 Å².